The van der Waals surface area contributed by atoms with Crippen LogP contribution in [0.2, 0.25) is 10.0 Å². The van der Waals surface area contributed by atoms with Crippen molar-refractivity contribution >= 4 is 28.9 Å². The molecule has 0 aliphatic rings. The highest BCUT2D eigenvalue weighted by atomic mass is 35.5. The van der Waals surface area contributed by atoms with Crippen molar-refractivity contribution in [1.82, 2.24) is 4.57 Å². The molecule has 2 aromatic rings. The molecule has 0 unspecified atom stereocenters. The Labute approximate surface area is 126 Å². The zero-order valence-corrected chi connectivity index (χ0v) is 12.2. The van der Waals surface area contributed by atoms with E-state index in [4.69, 9.17) is 33.7 Å². The Morgan fingerprint density at radius 2 is 2.00 bits per heavy atom. The van der Waals surface area contributed by atoms with Gasteiger partial charge in [0.05, 0.1) is 11.6 Å². The lowest BCUT2D eigenvalue weighted by Gasteiger charge is -2.09. The molecule has 4 nitrogen and oxygen atoms in total. The molecule has 1 aromatic heterocycles. The lowest BCUT2D eigenvalue weighted by atomic mass is 10.3. The van der Waals surface area contributed by atoms with Gasteiger partial charge in [-0.05, 0) is 24.6 Å². The van der Waals surface area contributed by atoms with Gasteiger partial charge < -0.3 is 15.0 Å². The number of nitrogen functional groups attached to an aromatic ring is 1. The molecule has 20 heavy (non-hydrogen) atoms. The van der Waals surface area contributed by atoms with E-state index in [1.165, 1.54) is 6.07 Å². The highest BCUT2D eigenvalue weighted by Crippen LogP contribution is 2.27. The van der Waals surface area contributed by atoms with E-state index >= 15 is 0 Å². The Morgan fingerprint density at radius 1 is 1.20 bits per heavy atom. The van der Waals surface area contributed by atoms with Gasteiger partial charge in [0.1, 0.15) is 5.75 Å². The molecule has 0 spiro atoms. The number of aryl methyl sites for hydroxylation is 1. The third kappa shape index (κ3) is 3.92. The van der Waals surface area contributed by atoms with Crippen LogP contribution in [-0.4, -0.2) is 11.2 Å². The van der Waals surface area contributed by atoms with E-state index in [9.17, 15) is 4.79 Å². The fourth-order valence-corrected chi connectivity index (χ4v) is 2.06. The average Bonchev–Trinajstić information content (AvgIpc) is 2.42. The predicted molar refractivity (Wildman–Crippen MR) is 81.7 cm³/mol. The van der Waals surface area contributed by atoms with Crippen LogP contribution in [0.1, 0.15) is 6.42 Å². The van der Waals surface area contributed by atoms with Crippen molar-refractivity contribution < 1.29 is 4.74 Å². The Balaban J connectivity index is 1.89. The lowest BCUT2D eigenvalue weighted by Crippen LogP contribution is -2.20. The van der Waals surface area contributed by atoms with Crippen LogP contribution in [0.15, 0.2) is 41.3 Å². The van der Waals surface area contributed by atoms with Crippen LogP contribution in [0, 0.1) is 0 Å². The van der Waals surface area contributed by atoms with E-state index in [2.05, 4.69) is 0 Å². The quantitative estimate of drug-likeness (QED) is 0.862. The summed E-state index contributed by atoms with van der Waals surface area (Å²) in [5, 5.41) is 1.08. The van der Waals surface area contributed by atoms with Crippen molar-refractivity contribution in [2.75, 3.05) is 12.3 Å². The summed E-state index contributed by atoms with van der Waals surface area (Å²) in [6.07, 6.45) is 2.28. The second-order valence-corrected chi connectivity index (χ2v) is 5.11. The van der Waals surface area contributed by atoms with Gasteiger partial charge in [-0.2, -0.15) is 0 Å². The monoisotopic (exact) mass is 312 g/mol. The number of benzene rings is 1. The van der Waals surface area contributed by atoms with Crippen LogP contribution in [0.3, 0.4) is 0 Å². The molecule has 1 heterocycles. The highest BCUT2D eigenvalue weighted by Gasteiger charge is 2.03. The molecule has 0 amide bonds. The maximum atomic E-state index is 11.6. The fourth-order valence-electron chi connectivity index (χ4n) is 1.73. The summed E-state index contributed by atoms with van der Waals surface area (Å²) in [4.78, 5) is 11.6. The van der Waals surface area contributed by atoms with Crippen LogP contribution in [0.4, 0.5) is 5.69 Å². The van der Waals surface area contributed by atoms with Gasteiger partial charge in [0.25, 0.3) is 5.56 Å². The zero-order valence-electron chi connectivity index (χ0n) is 10.7. The Morgan fingerprint density at radius 3 is 2.80 bits per heavy atom. The molecule has 106 valence electrons. The molecule has 2 rings (SSSR count). The first-order valence-electron chi connectivity index (χ1n) is 6.10. The second kappa shape index (κ2) is 6.68. The lowest BCUT2D eigenvalue weighted by molar-refractivity contribution is 0.301. The average molecular weight is 313 g/mol. The van der Waals surface area contributed by atoms with Crippen LogP contribution in [0.25, 0.3) is 0 Å². The largest absolute Gasteiger partial charge is 0.492 e. The molecule has 0 bridgehead atoms. The molecule has 0 radical (unpaired) electrons. The predicted octanol–water partition coefficient (Wildman–Crippen LogP) is 3.21. The normalized spacial score (nSPS) is 10.5. The molecule has 6 heteroatoms. The summed E-state index contributed by atoms with van der Waals surface area (Å²) in [6, 6.07) is 8.08. The molecule has 0 saturated carbocycles. The van der Waals surface area contributed by atoms with E-state index in [-0.39, 0.29) is 5.56 Å². The Hall–Kier alpha value is -1.65. The van der Waals surface area contributed by atoms with E-state index in [1.807, 2.05) is 0 Å². The first kappa shape index (κ1) is 14.8. The van der Waals surface area contributed by atoms with Crippen LogP contribution < -0.4 is 16.0 Å². The van der Waals surface area contributed by atoms with Gasteiger partial charge >= 0.3 is 0 Å². The van der Waals surface area contributed by atoms with E-state index < -0.39 is 0 Å². The molecular formula is C14H14Cl2N2O2. The van der Waals surface area contributed by atoms with Gasteiger partial charge in [-0.15, -0.1) is 0 Å². The molecule has 0 aliphatic heterocycles. The Bertz CT molecular complexity index is 656. The summed E-state index contributed by atoms with van der Waals surface area (Å²) < 4.78 is 7.10. The molecule has 0 saturated heterocycles. The van der Waals surface area contributed by atoms with E-state index in [0.29, 0.717) is 41.1 Å². The van der Waals surface area contributed by atoms with Crippen molar-refractivity contribution in [3.8, 4) is 5.75 Å². The van der Waals surface area contributed by atoms with Crippen LogP contribution in [0.5, 0.6) is 5.75 Å². The molecule has 1 aromatic carbocycles. The third-order valence-corrected chi connectivity index (χ3v) is 3.25. The van der Waals surface area contributed by atoms with Crippen LogP contribution >= 0.6 is 23.2 Å². The van der Waals surface area contributed by atoms with Gasteiger partial charge in [-0.3, -0.25) is 4.79 Å². The number of ether oxygens (including phenoxy) is 1. The summed E-state index contributed by atoms with van der Waals surface area (Å²) in [7, 11) is 0. The standard InChI is InChI=1S/C14H14Cl2N2O2/c15-10-2-4-12(16)13(8-10)20-7-1-6-18-9-11(17)3-5-14(18)19/h2-5,8-9H,1,6-7,17H2. The minimum Gasteiger partial charge on any atom is -0.492 e. The second-order valence-electron chi connectivity index (χ2n) is 4.27. The minimum atomic E-state index is -0.0833. The molecule has 2 N–H and O–H groups in total. The van der Waals surface area contributed by atoms with Crippen molar-refractivity contribution in [2.24, 2.45) is 0 Å². The van der Waals surface area contributed by atoms with Gasteiger partial charge in [-0.25, -0.2) is 0 Å². The third-order valence-electron chi connectivity index (χ3n) is 2.70. The smallest absolute Gasteiger partial charge is 0.250 e. The first-order chi connectivity index (χ1) is 9.56. The number of hydrogen-bond acceptors (Lipinski definition) is 3. The maximum Gasteiger partial charge on any atom is 0.250 e. The van der Waals surface area contributed by atoms with Crippen molar-refractivity contribution in [2.45, 2.75) is 13.0 Å². The zero-order chi connectivity index (χ0) is 14.5. The summed E-state index contributed by atoms with van der Waals surface area (Å²) in [5.41, 5.74) is 6.11. The van der Waals surface area contributed by atoms with Crippen molar-refractivity contribution in [3.05, 3.63) is 56.9 Å². The van der Waals surface area contributed by atoms with E-state index in [0.717, 1.165) is 0 Å². The minimum absolute atomic E-state index is 0.0833. The maximum absolute atomic E-state index is 11.6. The highest BCUT2D eigenvalue weighted by molar-refractivity contribution is 6.34. The number of anilines is 1. The van der Waals surface area contributed by atoms with E-state index in [1.54, 1.807) is 35.0 Å². The number of aromatic nitrogens is 1. The molecule has 0 fully saturated rings. The fraction of sp³-hybridized carbons (Fsp3) is 0.214. The summed E-state index contributed by atoms with van der Waals surface area (Å²) in [6.45, 7) is 0.962. The number of rotatable bonds is 5. The molecular weight excluding hydrogens is 299 g/mol. The first-order valence-corrected chi connectivity index (χ1v) is 6.85. The summed E-state index contributed by atoms with van der Waals surface area (Å²) >= 11 is 11.8. The van der Waals surface area contributed by atoms with Gasteiger partial charge in [-0.1, -0.05) is 23.2 Å². The van der Waals surface area contributed by atoms with Crippen molar-refractivity contribution in [3.63, 3.8) is 0 Å². The number of halogens is 2. The topological polar surface area (TPSA) is 57.2 Å². The Kier molecular flexibility index (Phi) is 4.93. The summed E-state index contributed by atoms with van der Waals surface area (Å²) in [5.74, 6) is 0.541. The number of hydrogen-bond donors (Lipinski definition) is 1. The SMILES string of the molecule is Nc1ccc(=O)n(CCCOc2cc(Cl)ccc2Cl)c1. The molecule has 0 aliphatic carbocycles. The van der Waals surface area contributed by atoms with Gasteiger partial charge in [0.2, 0.25) is 0 Å². The van der Waals surface area contributed by atoms with Crippen molar-refractivity contribution in [1.29, 1.82) is 0 Å². The van der Waals surface area contributed by atoms with Gasteiger partial charge in [0, 0.05) is 35.6 Å². The number of nitrogens with two attached hydrogens (primary N) is 1. The van der Waals surface area contributed by atoms with Gasteiger partial charge in [0.15, 0.2) is 0 Å². The van der Waals surface area contributed by atoms with Crippen LogP contribution in [-0.2, 0) is 6.54 Å². The number of nitrogens with zero attached hydrogens (tertiary/aromatic N) is 1. The molecule has 0 atom stereocenters. The number of pyridine rings is 1.